The van der Waals surface area contributed by atoms with Crippen LogP contribution in [-0.2, 0) is 20.8 Å². The molecule has 0 aliphatic carbocycles. The fraction of sp³-hybridized carbons (Fsp3) is 0.343. The van der Waals surface area contributed by atoms with E-state index in [1.54, 1.807) is 18.9 Å². The third-order valence-corrected chi connectivity index (χ3v) is 9.16. The molecule has 0 spiro atoms. The molecule has 3 aromatic carbocycles. The lowest BCUT2D eigenvalue weighted by molar-refractivity contribution is -0.145. The molecule has 0 saturated carbocycles. The summed E-state index contributed by atoms with van der Waals surface area (Å²) in [4.78, 5) is 47.4. The number of aromatic amines is 1. The van der Waals surface area contributed by atoms with E-state index >= 15 is 0 Å². The van der Waals surface area contributed by atoms with E-state index in [9.17, 15) is 14.4 Å². The van der Waals surface area contributed by atoms with E-state index in [1.165, 1.54) is 0 Å². The van der Waals surface area contributed by atoms with E-state index in [0.717, 1.165) is 33.3 Å². The fourth-order valence-electron chi connectivity index (χ4n) is 6.88. The smallest absolute Gasteiger partial charge is 0.246 e. The van der Waals surface area contributed by atoms with Crippen LogP contribution in [0.25, 0.3) is 10.9 Å². The van der Waals surface area contributed by atoms with Crippen molar-refractivity contribution in [1.29, 1.82) is 0 Å². The van der Waals surface area contributed by atoms with Crippen LogP contribution in [0.2, 0.25) is 0 Å². The molecule has 222 valence electrons. The maximum absolute atomic E-state index is 14.5. The minimum atomic E-state index is -0.811. The highest BCUT2D eigenvalue weighted by Gasteiger charge is 2.56. The van der Waals surface area contributed by atoms with Crippen LogP contribution >= 0.6 is 0 Å². The maximum atomic E-state index is 14.5. The van der Waals surface area contributed by atoms with Crippen molar-refractivity contribution in [2.75, 3.05) is 7.05 Å². The Morgan fingerprint density at radius 3 is 2.16 bits per heavy atom. The SMILES string of the molecule is CNC(C)C(=O)NC1Cc2c([nH]c3ccccc23)C2CC(C)(C)C(C(=O)NC(c3ccccc3)c3ccccc3)N2C1=O. The Morgan fingerprint density at radius 2 is 1.53 bits per heavy atom. The van der Waals surface area contributed by atoms with E-state index < -0.39 is 23.5 Å². The first-order valence-electron chi connectivity index (χ1n) is 15.0. The molecule has 4 unspecified atom stereocenters. The summed E-state index contributed by atoms with van der Waals surface area (Å²) >= 11 is 0. The fourth-order valence-corrected chi connectivity index (χ4v) is 6.88. The van der Waals surface area contributed by atoms with Crippen molar-refractivity contribution in [2.24, 2.45) is 5.41 Å². The van der Waals surface area contributed by atoms with Crippen LogP contribution in [0.5, 0.6) is 0 Å². The van der Waals surface area contributed by atoms with Gasteiger partial charge in [-0.1, -0.05) is 92.7 Å². The Kier molecular flexibility index (Phi) is 7.56. The van der Waals surface area contributed by atoms with E-state index in [4.69, 9.17) is 0 Å². The van der Waals surface area contributed by atoms with Crippen LogP contribution in [-0.4, -0.2) is 52.8 Å². The zero-order valence-corrected chi connectivity index (χ0v) is 25.1. The molecular formula is C35H39N5O3. The number of para-hydroxylation sites is 1. The number of nitrogens with one attached hydrogen (secondary N) is 4. The highest BCUT2D eigenvalue weighted by atomic mass is 16.2. The summed E-state index contributed by atoms with van der Waals surface area (Å²) in [5.41, 5.74) is 4.32. The quantitative estimate of drug-likeness (QED) is 0.261. The van der Waals surface area contributed by atoms with Gasteiger partial charge < -0.3 is 25.8 Å². The van der Waals surface area contributed by atoms with Crippen molar-refractivity contribution in [2.45, 2.75) is 63.8 Å². The first-order chi connectivity index (χ1) is 20.7. The van der Waals surface area contributed by atoms with Crippen molar-refractivity contribution in [1.82, 2.24) is 25.8 Å². The van der Waals surface area contributed by atoms with Gasteiger partial charge in [0.25, 0.3) is 0 Å². The number of carbonyl (C=O) groups is 3. The maximum Gasteiger partial charge on any atom is 0.246 e. The molecule has 0 radical (unpaired) electrons. The first-order valence-corrected chi connectivity index (χ1v) is 15.0. The molecule has 3 amide bonds. The van der Waals surface area contributed by atoms with Crippen molar-refractivity contribution < 1.29 is 14.4 Å². The van der Waals surface area contributed by atoms with Gasteiger partial charge in [-0.2, -0.15) is 0 Å². The van der Waals surface area contributed by atoms with Crippen molar-refractivity contribution in [3.8, 4) is 0 Å². The minimum Gasteiger partial charge on any atom is -0.356 e. The van der Waals surface area contributed by atoms with Crippen molar-refractivity contribution >= 4 is 28.6 Å². The van der Waals surface area contributed by atoms with Crippen LogP contribution in [0.15, 0.2) is 84.9 Å². The number of likely N-dealkylation sites (N-methyl/N-ethyl adjacent to an activating group) is 1. The van der Waals surface area contributed by atoms with Crippen LogP contribution in [0.3, 0.4) is 0 Å². The molecule has 2 aliphatic heterocycles. The highest BCUT2D eigenvalue weighted by molar-refractivity contribution is 5.96. The van der Waals surface area contributed by atoms with Crippen LogP contribution in [0.1, 0.15) is 61.7 Å². The van der Waals surface area contributed by atoms with Gasteiger partial charge in [0.1, 0.15) is 12.1 Å². The van der Waals surface area contributed by atoms with E-state index in [-0.39, 0.29) is 29.8 Å². The van der Waals surface area contributed by atoms with Gasteiger partial charge in [0, 0.05) is 23.0 Å². The molecule has 8 heteroatoms. The molecule has 1 fully saturated rings. The summed E-state index contributed by atoms with van der Waals surface area (Å²) in [6.07, 6.45) is 0.949. The van der Waals surface area contributed by atoms with Gasteiger partial charge in [-0.3, -0.25) is 14.4 Å². The number of rotatable bonds is 7. The summed E-state index contributed by atoms with van der Waals surface area (Å²) in [6, 6.07) is 25.1. The average molecular weight is 578 g/mol. The van der Waals surface area contributed by atoms with Gasteiger partial charge in [-0.25, -0.2) is 0 Å². The Bertz CT molecular complexity index is 1610. The number of H-pyrrole nitrogens is 1. The summed E-state index contributed by atoms with van der Waals surface area (Å²) in [5.74, 6) is -0.711. The standard InChI is InChI=1S/C35H39N5O3/c1-21(36-4)32(41)38-27-19-25-24-17-11-12-18-26(24)37-30(25)28-20-35(2,3)31(40(28)34(27)43)33(42)39-29(22-13-7-5-8-14-22)23-15-9-6-10-16-23/h5-18,21,27-29,31,36-37H,19-20H2,1-4H3,(H,38,41)(H,39,42). The second-order valence-corrected chi connectivity index (χ2v) is 12.5. The van der Waals surface area contributed by atoms with E-state index in [2.05, 4.69) is 40.8 Å². The second-order valence-electron chi connectivity index (χ2n) is 12.5. The predicted octanol–water partition coefficient (Wildman–Crippen LogP) is 4.39. The zero-order chi connectivity index (χ0) is 30.3. The van der Waals surface area contributed by atoms with Gasteiger partial charge >= 0.3 is 0 Å². The van der Waals surface area contributed by atoms with Gasteiger partial charge in [0.15, 0.2) is 0 Å². The third-order valence-electron chi connectivity index (χ3n) is 9.16. The number of nitrogens with zero attached hydrogens (tertiary/aromatic N) is 1. The minimum absolute atomic E-state index is 0.216. The molecular weight excluding hydrogens is 538 g/mol. The zero-order valence-electron chi connectivity index (χ0n) is 25.1. The Balaban J connectivity index is 1.42. The molecule has 1 saturated heterocycles. The topological polar surface area (TPSA) is 106 Å². The average Bonchev–Trinajstić information content (AvgIpc) is 3.50. The summed E-state index contributed by atoms with van der Waals surface area (Å²) in [7, 11) is 1.71. The molecule has 8 nitrogen and oxygen atoms in total. The molecule has 1 aromatic heterocycles. The van der Waals surface area contributed by atoms with Crippen molar-refractivity contribution in [3.05, 3.63) is 107 Å². The third kappa shape index (κ3) is 5.20. The van der Waals surface area contributed by atoms with Crippen LogP contribution in [0, 0.1) is 5.41 Å². The molecule has 6 rings (SSSR count). The van der Waals surface area contributed by atoms with Gasteiger partial charge in [0.05, 0.1) is 18.1 Å². The van der Waals surface area contributed by atoms with Gasteiger partial charge in [0.2, 0.25) is 17.7 Å². The molecule has 4 atom stereocenters. The number of amides is 3. The number of fused-ring (bicyclic) bond motifs is 5. The predicted molar refractivity (Wildman–Crippen MR) is 167 cm³/mol. The van der Waals surface area contributed by atoms with Gasteiger partial charge in [-0.15, -0.1) is 0 Å². The van der Waals surface area contributed by atoms with E-state index in [1.807, 2.05) is 78.9 Å². The number of hydrogen-bond donors (Lipinski definition) is 4. The lowest BCUT2D eigenvalue weighted by Gasteiger charge is -2.35. The second kappa shape index (κ2) is 11.3. The lowest BCUT2D eigenvalue weighted by atomic mass is 9.81. The lowest BCUT2D eigenvalue weighted by Crippen LogP contribution is -2.57. The Hall–Kier alpha value is -4.43. The van der Waals surface area contributed by atoms with E-state index in [0.29, 0.717) is 12.8 Å². The normalized spacial score (nSPS) is 21.7. The molecule has 43 heavy (non-hydrogen) atoms. The Labute approximate surface area is 252 Å². The Morgan fingerprint density at radius 1 is 0.930 bits per heavy atom. The molecule has 0 bridgehead atoms. The molecule has 4 N–H and O–H groups in total. The number of aromatic nitrogens is 1. The number of carbonyl (C=O) groups excluding carboxylic acids is 3. The summed E-state index contributed by atoms with van der Waals surface area (Å²) in [6.45, 7) is 5.87. The van der Waals surface area contributed by atoms with Gasteiger partial charge in [-0.05, 0) is 48.6 Å². The number of benzene rings is 3. The molecule has 2 aliphatic rings. The number of hydrogen-bond acceptors (Lipinski definition) is 4. The van der Waals surface area contributed by atoms with Crippen molar-refractivity contribution in [3.63, 3.8) is 0 Å². The van der Waals surface area contributed by atoms with Crippen LogP contribution in [0.4, 0.5) is 0 Å². The largest absolute Gasteiger partial charge is 0.356 e. The summed E-state index contributed by atoms with van der Waals surface area (Å²) in [5, 5.41) is 10.3. The van der Waals surface area contributed by atoms with Crippen LogP contribution < -0.4 is 16.0 Å². The molecule has 4 aromatic rings. The highest BCUT2D eigenvalue weighted by Crippen LogP contribution is 2.50. The first kappa shape index (κ1) is 28.7. The molecule has 3 heterocycles. The monoisotopic (exact) mass is 577 g/mol. The summed E-state index contributed by atoms with van der Waals surface area (Å²) < 4.78 is 0.